The summed E-state index contributed by atoms with van der Waals surface area (Å²) in [5.74, 6) is -1.28. The van der Waals surface area contributed by atoms with Crippen LogP contribution >= 0.6 is 64.9 Å². The number of carbonyl (C=O) groups excluding carboxylic acids is 4. The zero-order valence-electron chi connectivity index (χ0n) is 66.3. The van der Waals surface area contributed by atoms with Crippen molar-refractivity contribution in [3.63, 3.8) is 0 Å². The molecule has 122 heavy (non-hydrogen) atoms. The minimum atomic E-state index is -5.83. The molecule has 0 spiro atoms. The van der Waals surface area contributed by atoms with Gasteiger partial charge in [0.15, 0.2) is 5.71 Å². The van der Waals surface area contributed by atoms with E-state index in [9.17, 15) is 80.0 Å². The molecule has 6 heterocycles. The number of hydrogen-bond acceptors (Lipinski definition) is 34. The highest BCUT2D eigenvalue weighted by Gasteiger charge is 2.47. The van der Waals surface area contributed by atoms with Gasteiger partial charge >= 0.3 is 48.8 Å². The van der Waals surface area contributed by atoms with Crippen molar-refractivity contribution in [1.82, 2.24) is 35.1 Å². The van der Waals surface area contributed by atoms with E-state index in [1.807, 2.05) is 62.4 Å². The predicted octanol–water partition coefficient (Wildman–Crippen LogP) is 5.06. The molecule has 2 fully saturated rings. The fourth-order valence-corrected chi connectivity index (χ4v) is 19.4. The first kappa shape index (κ1) is 101. The zero-order chi connectivity index (χ0) is 89.4. The number of allylic oxidation sites excluding steroid dienone is 6. The normalized spacial score (nSPS) is 20.5. The van der Waals surface area contributed by atoms with E-state index >= 15 is 0 Å². The lowest BCUT2D eigenvalue weighted by Gasteiger charge is -2.25. The van der Waals surface area contributed by atoms with Crippen LogP contribution in [0.4, 0.5) is 27.8 Å². The van der Waals surface area contributed by atoms with Crippen molar-refractivity contribution < 1.29 is 155 Å². The van der Waals surface area contributed by atoms with E-state index in [2.05, 4.69) is 88.5 Å². The van der Waals surface area contributed by atoms with Gasteiger partial charge in [0.1, 0.15) is 55.5 Å². The van der Waals surface area contributed by atoms with Crippen LogP contribution in [-0.4, -0.2) is 239 Å². The predicted molar refractivity (Wildman–Crippen MR) is 439 cm³/mol. The number of aromatic nitrogens is 4. The molecule has 3 unspecified atom stereocenters. The number of fused-ring (bicyclic) bond motifs is 2. The molecule has 45 nitrogen and oxygen atoms in total. The van der Waals surface area contributed by atoms with Gasteiger partial charge in [-0.15, -0.1) is 4.33 Å². The van der Waals surface area contributed by atoms with Gasteiger partial charge in [0.05, 0.1) is 87.4 Å². The summed E-state index contributed by atoms with van der Waals surface area (Å²) in [5.41, 5.74) is 8.66. The third-order valence-corrected chi connectivity index (χ3v) is 26.9. The van der Waals surface area contributed by atoms with Crippen LogP contribution < -0.4 is 43.3 Å². The molecule has 676 valence electrons. The van der Waals surface area contributed by atoms with Crippen molar-refractivity contribution in [2.75, 3.05) is 113 Å². The number of carbonyl (C=O) groups is 4. The first-order valence-corrected chi connectivity index (χ1v) is 48.2. The van der Waals surface area contributed by atoms with Gasteiger partial charge in [-0.1, -0.05) is 70.9 Å². The number of rotatable bonds is 50. The summed E-state index contributed by atoms with van der Waals surface area (Å²) in [6.07, 6.45) is 8.16. The molecule has 2 saturated heterocycles. The van der Waals surface area contributed by atoms with Crippen LogP contribution in [0.1, 0.15) is 109 Å². The average Bonchev–Trinajstić information content (AvgIpc) is 1.59. The second-order valence-electron chi connectivity index (χ2n) is 28.1. The van der Waals surface area contributed by atoms with E-state index in [4.69, 9.17) is 59.0 Å². The Morgan fingerprint density at radius 2 is 1.43 bits per heavy atom. The molecule has 0 aliphatic carbocycles. The number of unbranched alkanes of at least 4 members (excludes halogenated alkanes) is 2. The van der Waals surface area contributed by atoms with Crippen molar-refractivity contribution in [2.45, 2.75) is 143 Å². The topological polar surface area (TPSA) is 634 Å². The molecule has 4 aromatic rings. The Balaban J connectivity index is 0.792. The smallest absolute Gasteiger partial charge is 0.449 e. The van der Waals surface area contributed by atoms with Crippen molar-refractivity contribution in [3.05, 3.63) is 135 Å². The van der Waals surface area contributed by atoms with Crippen LogP contribution in [-0.2, 0) is 109 Å². The fraction of sp³-hybridized carbons (Fsp3) is 0.522. The molecule has 2 aromatic carbocycles. The lowest BCUT2D eigenvalue weighted by atomic mass is 9.81. The number of likely N-dealkylation sites (N-methyl/N-ethyl adjacent to an activating group) is 1. The van der Waals surface area contributed by atoms with Gasteiger partial charge in [0, 0.05) is 114 Å². The SMILES string of the molecule is CCN1C(=CC=CC=CC2=[N+](CCCCCC(=O)NC(CSSCCCOC(=O)Nc3ccn([C@H]4C[C@@H](O)[C@@H](COP(=O)(O)OP(=O)(O)OP(=O)(O)O)O4)c(=O)n3)C(=O)NCCOCCOCCOCC(=O)NCC=Cc3cn([C@H]4C[C@@H](O)[C@@H](COP(=O)(O)O)O4)c(=O)nc3N)c3ccc(S(=O)(=O)O)cc3C2(C)C)C(C)(C)c2cc(SOOO)ccc21. The summed E-state index contributed by atoms with van der Waals surface area (Å²) in [5, 5.41) is 43.9. The zero-order valence-corrected chi connectivity index (χ0v) is 73.1. The summed E-state index contributed by atoms with van der Waals surface area (Å²) >= 11 is 0.880. The van der Waals surface area contributed by atoms with Gasteiger partial charge in [-0.2, -0.15) is 31.6 Å². The van der Waals surface area contributed by atoms with Gasteiger partial charge < -0.3 is 94.6 Å². The Morgan fingerprint density at radius 3 is 2.10 bits per heavy atom. The summed E-state index contributed by atoms with van der Waals surface area (Å²) in [7, 11) is -23.9. The van der Waals surface area contributed by atoms with Crippen LogP contribution in [0.2, 0.25) is 0 Å². The molecule has 4 aliphatic rings. The van der Waals surface area contributed by atoms with Crippen molar-refractivity contribution >= 4 is 134 Å². The second-order valence-corrected chi connectivity index (χ2v) is 38.6. The number of ether oxygens (including phenoxy) is 6. The summed E-state index contributed by atoms with van der Waals surface area (Å²) in [6.45, 7) is 9.83. The summed E-state index contributed by atoms with van der Waals surface area (Å²) < 4.78 is 139. The third kappa shape index (κ3) is 30.8. The molecule has 0 radical (unpaired) electrons. The Morgan fingerprint density at radius 1 is 0.746 bits per heavy atom. The number of nitrogen functional groups attached to an aromatic ring is 1. The standard InChI is InChI=1S/C69H97N11O34P4S4/c1-6-77-50-21-19-45(121-112-111-89)35-47(50)68(2,3)56(77)16-9-7-10-17-57-69(4,5)48-36-46(122(100,101)102)20-22-51(48)78(57)26-12-8-11-18-59(83)73-49(43-120-119-34-14-28-106-67(88)75-58-23-27-79(65(86)74-58)61-37-52(81)55(109-61)41-108-117(96,97)114-118(98,99)113-116(93,94)95)64(85)72-25-29-103-30-31-104-32-33-105-42-60(84)71-24-13-15-44-39-80(66(87)76-63(44)70)62-38-53(82)54(110-62)40-107-115(90,91)92/h7,9-10,13,15-17,19-23,27,35-36,39,49,52-55,61-62,81-82H,6,8,11-12,14,18,24-26,28-34,37-38,40-43H2,1-5H3,(H13-,70,71,72,73,74,75,76,83,84,85,86,87,88,89,90,91,92,93,94,95,96,97,98,99,100,101,102)/p+1/t49?,52-,53-,54-,55-,61-,62-/m1/s1. The molecule has 0 saturated carbocycles. The van der Waals surface area contributed by atoms with Crippen LogP contribution in [0.3, 0.4) is 0 Å². The lowest BCUT2D eigenvalue weighted by Crippen LogP contribution is -2.48. The first-order valence-electron chi connectivity index (χ1n) is 37.4. The minimum Gasteiger partial charge on any atom is -0.449 e. The number of amides is 4. The molecular formula is C69H98N11O34P4S4+. The monoisotopic (exact) mass is 1880 g/mol. The van der Waals surface area contributed by atoms with E-state index in [1.54, 1.807) is 6.07 Å². The lowest BCUT2D eigenvalue weighted by molar-refractivity contribution is -0.438. The Hall–Kier alpha value is -6.81. The molecule has 16 N–H and O–H groups in total. The number of nitrogens with zero attached hydrogens (tertiary/aromatic N) is 6. The van der Waals surface area contributed by atoms with Crippen LogP contribution in [0.15, 0.2) is 116 Å². The maximum atomic E-state index is 13.8. The molecule has 9 atom stereocenters. The number of hydrogen-bond donors (Lipinski definition) is 15. The minimum absolute atomic E-state index is 0.0217. The van der Waals surface area contributed by atoms with E-state index < -0.39 is 144 Å². The molecule has 53 heteroatoms. The molecule has 4 amide bonds. The number of anilines is 3. The molecule has 2 aromatic heterocycles. The number of nitrogens with one attached hydrogen (secondary N) is 4. The van der Waals surface area contributed by atoms with Gasteiger partial charge in [-0.05, 0) is 88.1 Å². The van der Waals surface area contributed by atoms with E-state index in [0.717, 1.165) is 60.6 Å². The van der Waals surface area contributed by atoms with Crippen LogP contribution in [0.25, 0.3) is 6.08 Å². The first-order chi connectivity index (χ1) is 57.5. The van der Waals surface area contributed by atoms with Gasteiger partial charge in [-0.3, -0.25) is 42.4 Å². The number of aliphatic hydroxyl groups is 2. The van der Waals surface area contributed by atoms with E-state index in [0.29, 0.717) is 50.1 Å². The van der Waals surface area contributed by atoms with Crippen molar-refractivity contribution in [2.24, 2.45) is 0 Å². The fourth-order valence-electron chi connectivity index (χ4n) is 12.9. The highest BCUT2D eigenvalue weighted by atomic mass is 33.1. The maximum Gasteiger partial charge on any atom is 0.490 e. The van der Waals surface area contributed by atoms with E-state index in [-0.39, 0.29) is 106 Å². The maximum absolute atomic E-state index is 13.8. The summed E-state index contributed by atoms with van der Waals surface area (Å²) in [4.78, 5) is 143. The second kappa shape index (κ2) is 46.1. The number of phosphoric acid groups is 4. The Kier molecular flexibility index (Phi) is 38.0. The molecular weight excluding hydrogens is 1780 g/mol. The van der Waals surface area contributed by atoms with Crippen molar-refractivity contribution in [3.8, 4) is 0 Å². The molecule has 8 rings (SSSR count). The largest absolute Gasteiger partial charge is 0.490 e. The Labute approximate surface area is 711 Å². The van der Waals surface area contributed by atoms with Gasteiger partial charge in [-0.25, -0.2) is 37.9 Å². The van der Waals surface area contributed by atoms with Crippen LogP contribution in [0.5, 0.6) is 0 Å². The van der Waals surface area contributed by atoms with E-state index in [1.165, 1.54) is 58.1 Å². The number of phosphoric ester groups is 2. The van der Waals surface area contributed by atoms with Crippen LogP contribution in [0, 0.1) is 0 Å². The van der Waals surface area contributed by atoms with Gasteiger partial charge in [0.25, 0.3) is 10.1 Å². The Bertz CT molecular complexity index is 4930. The summed E-state index contributed by atoms with van der Waals surface area (Å²) in [6, 6.07) is 10.5. The average molecular weight is 1880 g/mol. The molecule has 4 aliphatic heterocycles. The highest BCUT2D eigenvalue weighted by molar-refractivity contribution is 8.76. The number of nitrogens with two attached hydrogens (primary N) is 1. The van der Waals surface area contributed by atoms with Crippen molar-refractivity contribution in [1.29, 1.82) is 0 Å². The number of benzene rings is 2. The highest BCUT2D eigenvalue weighted by Crippen LogP contribution is 2.66. The molecule has 0 bridgehead atoms. The van der Waals surface area contributed by atoms with Gasteiger partial charge in [0.2, 0.25) is 23.4 Å². The quantitative estimate of drug-likeness (QED) is 0.00316. The number of aliphatic hydroxyl groups excluding tert-OH is 2. The third-order valence-electron chi connectivity index (χ3n) is 18.7.